The van der Waals surface area contributed by atoms with Crippen LogP contribution in [0.4, 0.5) is 0 Å². The van der Waals surface area contributed by atoms with Crippen molar-refractivity contribution in [3.8, 4) is 5.75 Å². The number of rotatable bonds is 9. The number of allylic oxidation sites excluding steroid dienone is 1. The van der Waals surface area contributed by atoms with E-state index < -0.39 is 0 Å². The molecule has 2 aromatic carbocycles. The highest BCUT2D eigenvalue weighted by atomic mass is 35.5. The Balaban J connectivity index is 2.21. The van der Waals surface area contributed by atoms with Crippen molar-refractivity contribution in [3.05, 3.63) is 77.9 Å². The second-order valence-corrected chi connectivity index (χ2v) is 8.08. The number of hydrogen-bond donors (Lipinski definition) is 0. The van der Waals surface area contributed by atoms with Gasteiger partial charge in [-0.05, 0) is 62.8 Å². The van der Waals surface area contributed by atoms with Crippen LogP contribution in [0.2, 0.25) is 0 Å². The van der Waals surface area contributed by atoms with Gasteiger partial charge in [0.05, 0.1) is 7.11 Å². The molecule has 0 bridgehead atoms. The molecule has 2 aromatic rings. The van der Waals surface area contributed by atoms with E-state index in [0.717, 1.165) is 31.4 Å². The summed E-state index contributed by atoms with van der Waals surface area (Å²) in [7, 11) is 1.70. The van der Waals surface area contributed by atoms with Crippen LogP contribution >= 0.6 is 11.6 Å². The molecule has 0 aromatic heterocycles. The van der Waals surface area contributed by atoms with Crippen molar-refractivity contribution < 1.29 is 4.74 Å². The van der Waals surface area contributed by atoms with Crippen LogP contribution in [0.1, 0.15) is 56.6 Å². The van der Waals surface area contributed by atoms with Crippen LogP contribution in [0, 0.1) is 0 Å². The first-order valence-electron chi connectivity index (χ1n) is 8.93. The summed E-state index contributed by atoms with van der Waals surface area (Å²) in [6.07, 6.45) is 4.02. The van der Waals surface area contributed by atoms with Crippen molar-refractivity contribution in [1.29, 1.82) is 0 Å². The third-order valence-corrected chi connectivity index (χ3v) is 4.99. The highest BCUT2D eigenvalue weighted by molar-refractivity contribution is 6.23. The Labute approximate surface area is 157 Å². The molecule has 0 aliphatic heterocycles. The van der Waals surface area contributed by atoms with Crippen LogP contribution in [0.15, 0.2) is 66.7 Å². The van der Waals surface area contributed by atoms with E-state index in [-0.39, 0.29) is 10.8 Å². The summed E-state index contributed by atoms with van der Waals surface area (Å²) in [6.45, 7) is 8.23. The van der Waals surface area contributed by atoms with Gasteiger partial charge in [0.2, 0.25) is 0 Å². The monoisotopic (exact) mass is 356 g/mol. The third kappa shape index (κ3) is 6.25. The number of methoxy groups -OCH3 is 1. The van der Waals surface area contributed by atoms with Crippen molar-refractivity contribution in [3.63, 3.8) is 0 Å². The number of ether oxygens (including phenoxy) is 1. The fraction of sp³-hybridized carbons (Fsp3) is 0.391. The van der Waals surface area contributed by atoms with Crippen molar-refractivity contribution in [2.45, 2.75) is 50.3 Å². The molecule has 2 unspecified atom stereocenters. The normalized spacial score (nSPS) is 14.6. The van der Waals surface area contributed by atoms with Crippen LogP contribution in [-0.2, 0) is 0 Å². The smallest absolute Gasteiger partial charge is 0.118 e. The minimum Gasteiger partial charge on any atom is -0.497 e. The van der Waals surface area contributed by atoms with Crippen LogP contribution < -0.4 is 4.74 Å². The van der Waals surface area contributed by atoms with Gasteiger partial charge < -0.3 is 4.74 Å². The molecule has 2 heteroatoms. The zero-order valence-corrected chi connectivity index (χ0v) is 16.4. The first-order valence-corrected chi connectivity index (χ1v) is 9.31. The van der Waals surface area contributed by atoms with E-state index in [1.807, 2.05) is 12.1 Å². The first kappa shape index (κ1) is 19.6. The standard InChI is InChI=1S/C23H29ClO/c1-18(2)9-8-16-23(3,24)17-22(19-10-6-5-7-11-19)20-12-14-21(25-4)15-13-20/h5-7,10-15,22H,1,8-9,16-17H2,2-4H3. The predicted molar refractivity (Wildman–Crippen MR) is 109 cm³/mol. The molecule has 2 rings (SSSR count). The second-order valence-electron chi connectivity index (χ2n) is 7.16. The summed E-state index contributed by atoms with van der Waals surface area (Å²) in [5.74, 6) is 1.16. The van der Waals surface area contributed by atoms with E-state index in [1.165, 1.54) is 16.7 Å². The number of hydrogen-bond acceptors (Lipinski definition) is 1. The van der Waals surface area contributed by atoms with Gasteiger partial charge in [0.25, 0.3) is 0 Å². The molecule has 0 aliphatic carbocycles. The van der Waals surface area contributed by atoms with Crippen molar-refractivity contribution in [1.82, 2.24) is 0 Å². The second kappa shape index (κ2) is 9.10. The maximum absolute atomic E-state index is 6.92. The van der Waals surface area contributed by atoms with E-state index in [9.17, 15) is 0 Å². The SMILES string of the molecule is C=C(C)CCCC(C)(Cl)CC(c1ccccc1)c1ccc(OC)cc1. The van der Waals surface area contributed by atoms with Crippen molar-refractivity contribution in [2.24, 2.45) is 0 Å². The maximum Gasteiger partial charge on any atom is 0.118 e. The van der Waals surface area contributed by atoms with E-state index in [1.54, 1.807) is 7.11 Å². The molecule has 0 fully saturated rings. The summed E-state index contributed by atoms with van der Waals surface area (Å²) in [6, 6.07) is 19.0. The molecule has 0 N–H and O–H groups in total. The topological polar surface area (TPSA) is 9.23 Å². The number of benzene rings is 2. The summed E-state index contributed by atoms with van der Waals surface area (Å²) >= 11 is 6.92. The van der Waals surface area contributed by atoms with Gasteiger partial charge >= 0.3 is 0 Å². The zero-order chi connectivity index (χ0) is 18.3. The summed E-state index contributed by atoms with van der Waals surface area (Å²) in [5, 5.41) is 0. The lowest BCUT2D eigenvalue weighted by Gasteiger charge is -2.29. The van der Waals surface area contributed by atoms with Crippen LogP contribution in [0.3, 0.4) is 0 Å². The van der Waals surface area contributed by atoms with Gasteiger partial charge in [-0.1, -0.05) is 48.0 Å². The molecule has 134 valence electrons. The van der Waals surface area contributed by atoms with Crippen LogP contribution in [0.5, 0.6) is 5.75 Å². The quantitative estimate of drug-likeness (QED) is 0.348. The Morgan fingerprint density at radius 1 is 1.08 bits per heavy atom. The Bertz CT molecular complexity index is 658. The van der Waals surface area contributed by atoms with Gasteiger partial charge in [-0.15, -0.1) is 18.2 Å². The largest absolute Gasteiger partial charge is 0.497 e. The van der Waals surface area contributed by atoms with Crippen LogP contribution in [-0.4, -0.2) is 12.0 Å². The number of halogens is 1. The van der Waals surface area contributed by atoms with Gasteiger partial charge in [-0.2, -0.15) is 0 Å². The van der Waals surface area contributed by atoms with Gasteiger partial charge in [-0.25, -0.2) is 0 Å². The fourth-order valence-corrected chi connectivity index (χ4v) is 3.52. The van der Waals surface area contributed by atoms with E-state index >= 15 is 0 Å². The molecular weight excluding hydrogens is 328 g/mol. The summed E-state index contributed by atoms with van der Waals surface area (Å²) < 4.78 is 5.30. The first-order chi connectivity index (χ1) is 11.9. The lowest BCUT2D eigenvalue weighted by molar-refractivity contribution is 0.414. The molecule has 0 heterocycles. The molecular formula is C23H29ClO. The Morgan fingerprint density at radius 3 is 2.24 bits per heavy atom. The Morgan fingerprint density at radius 2 is 1.68 bits per heavy atom. The Kier molecular flexibility index (Phi) is 7.13. The molecule has 0 aliphatic rings. The average Bonchev–Trinajstić information content (AvgIpc) is 2.60. The Hall–Kier alpha value is -1.73. The summed E-state index contributed by atoms with van der Waals surface area (Å²) in [4.78, 5) is -0.240. The molecule has 0 saturated heterocycles. The minimum atomic E-state index is -0.240. The molecule has 0 spiro atoms. The van der Waals surface area contributed by atoms with Crippen LogP contribution in [0.25, 0.3) is 0 Å². The maximum atomic E-state index is 6.92. The number of alkyl halides is 1. The zero-order valence-electron chi connectivity index (χ0n) is 15.6. The summed E-state index contributed by atoms with van der Waals surface area (Å²) in [5.41, 5.74) is 3.81. The van der Waals surface area contributed by atoms with E-state index in [4.69, 9.17) is 16.3 Å². The van der Waals surface area contributed by atoms with Gasteiger partial charge in [0.1, 0.15) is 5.75 Å². The molecule has 0 saturated carbocycles. The lowest BCUT2D eigenvalue weighted by Crippen LogP contribution is -2.21. The van der Waals surface area contributed by atoms with Gasteiger partial charge in [-0.3, -0.25) is 0 Å². The molecule has 0 amide bonds. The fourth-order valence-electron chi connectivity index (χ4n) is 3.24. The van der Waals surface area contributed by atoms with Crippen molar-refractivity contribution >= 4 is 11.6 Å². The minimum absolute atomic E-state index is 0.240. The highest BCUT2D eigenvalue weighted by Crippen LogP contribution is 2.38. The van der Waals surface area contributed by atoms with E-state index in [0.29, 0.717) is 0 Å². The molecule has 1 nitrogen and oxygen atoms in total. The molecule has 25 heavy (non-hydrogen) atoms. The van der Waals surface area contributed by atoms with Gasteiger partial charge in [0.15, 0.2) is 0 Å². The predicted octanol–water partition coefficient (Wildman–Crippen LogP) is 6.96. The average molecular weight is 357 g/mol. The molecule has 0 radical (unpaired) electrons. The highest BCUT2D eigenvalue weighted by Gasteiger charge is 2.27. The third-order valence-electron chi connectivity index (χ3n) is 4.65. The molecule has 2 atom stereocenters. The van der Waals surface area contributed by atoms with Crippen molar-refractivity contribution in [2.75, 3.05) is 7.11 Å². The lowest BCUT2D eigenvalue weighted by atomic mass is 9.82. The van der Waals surface area contributed by atoms with Gasteiger partial charge in [0, 0.05) is 10.8 Å². The van der Waals surface area contributed by atoms with E-state index in [2.05, 4.69) is 62.9 Å².